The third-order valence-corrected chi connectivity index (χ3v) is 3.63. The van der Waals surface area contributed by atoms with Gasteiger partial charge in [-0.25, -0.2) is 0 Å². The molecule has 0 radical (unpaired) electrons. The fourth-order valence-electron chi connectivity index (χ4n) is 1.48. The Labute approximate surface area is 120 Å². The molecule has 7 nitrogen and oxygen atoms in total. The molecular weight excluding hydrogens is 280 g/mol. The van der Waals surface area contributed by atoms with Gasteiger partial charge in [0.05, 0.1) is 11.5 Å². The van der Waals surface area contributed by atoms with Crippen LogP contribution in [0.1, 0.15) is 6.42 Å². The summed E-state index contributed by atoms with van der Waals surface area (Å²) < 4.78 is 7.37. The van der Waals surface area contributed by atoms with Gasteiger partial charge in [-0.05, 0) is 18.6 Å². The predicted molar refractivity (Wildman–Crippen MR) is 74.9 cm³/mol. The lowest BCUT2D eigenvalue weighted by molar-refractivity contribution is -0.384. The highest BCUT2D eigenvalue weighted by atomic mass is 32.2. The van der Waals surface area contributed by atoms with Crippen molar-refractivity contribution in [1.29, 1.82) is 0 Å². The van der Waals surface area contributed by atoms with Crippen LogP contribution in [-0.2, 0) is 7.05 Å². The summed E-state index contributed by atoms with van der Waals surface area (Å²) in [6.45, 7) is 0.558. The average molecular weight is 294 g/mol. The number of thioether (sulfide) groups is 1. The predicted octanol–water partition coefficient (Wildman–Crippen LogP) is 2.28. The quantitative estimate of drug-likeness (QED) is 0.337. The number of aromatic nitrogens is 3. The molecular formula is C12H14N4O3S. The first-order valence-corrected chi connectivity index (χ1v) is 6.99. The fourth-order valence-corrected chi connectivity index (χ4v) is 2.28. The van der Waals surface area contributed by atoms with Gasteiger partial charge in [0, 0.05) is 24.9 Å². The number of hydrogen-bond donors (Lipinski definition) is 0. The third kappa shape index (κ3) is 3.95. The molecule has 8 heteroatoms. The Morgan fingerprint density at radius 3 is 2.75 bits per heavy atom. The molecule has 0 aliphatic heterocycles. The van der Waals surface area contributed by atoms with Crippen LogP contribution >= 0.6 is 11.8 Å². The molecule has 1 aromatic heterocycles. The molecule has 0 fully saturated rings. The second kappa shape index (κ2) is 6.90. The summed E-state index contributed by atoms with van der Waals surface area (Å²) in [7, 11) is 1.90. The lowest BCUT2D eigenvalue weighted by Gasteiger charge is -2.05. The number of nitrogens with zero attached hydrogens (tertiary/aromatic N) is 4. The fraction of sp³-hybridized carbons (Fsp3) is 0.333. The van der Waals surface area contributed by atoms with Gasteiger partial charge < -0.3 is 9.30 Å². The van der Waals surface area contributed by atoms with Gasteiger partial charge >= 0.3 is 0 Å². The summed E-state index contributed by atoms with van der Waals surface area (Å²) in [6, 6.07) is 6.08. The first kappa shape index (κ1) is 14.3. The van der Waals surface area contributed by atoms with Crippen LogP contribution in [0.5, 0.6) is 5.75 Å². The van der Waals surface area contributed by atoms with E-state index < -0.39 is 4.92 Å². The van der Waals surface area contributed by atoms with Crippen LogP contribution in [0.3, 0.4) is 0 Å². The Bertz CT molecular complexity index is 570. The lowest BCUT2D eigenvalue weighted by Crippen LogP contribution is -1.99. The smallest absolute Gasteiger partial charge is 0.269 e. The van der Waals surface area contributed by atoms with Gasteiger partial charge in [0.2, 0.25) is 0 Å². The number of nitro benzene ring substituents is 1. The summed E-state index contributed by atoms with van der Waals surface area (Å²) in [5.41, 5.74) is 0.0650. The molecule has 1 heterocycles. The number of hydrogen-bond acceptors (Lipinski definition) is 6. The van der Waals surface area contributed by atoms with E-state index in [0.717, 1.165) is 17.3 Å². The van der Waals surface area contributed by atoms with E-state index in [0.29, 0.717) is 12.4 Å². The van der Waals surface area contributed by atoms with Gasteiger partial charge in [0.1, 0.15) is 12.1 Å². The summed E-state index contributed by atoms with van der Waals surface area (Å²) in [5, 5.41) is 19.1. The van der Waals surface area contributed by atoms with E-state index in [2.05, 4.69) is 10.2 Å². The molecule has 2 rings (SSSR count). The molecule has 0 N–H and O–H groups in total. The maximum absolute atomic E-state index is 10.5. The van der Waals surface area contributed by atoms with Crippen molar-refractivity contribution in [3.8, 4) is 5.75 Å². The van der Waals surface area contributed by atoms with E-state index in [1.54, 1.807) is 30.2 Å². The van der Waals surface area contributed by atoms with Crippen molar-refractivity contribution in [2.45, 2.75) is 11.6 Å². The number of benzene rings is 1. The van der Waals surface area contributed by atoms with E-state index in [1.807, 2.05) is 11.6 Å². The summed E-state index contributed by atoms with van der Waals surface area (Å²) in [4.78, 5) is 10.1. The highest BCUT2D eigenvalue weighted by molar-refractivity contribution is 7.99. The number of aryl methyl sites for hydroxylation is 1. The van der Waals surface area contributed by atoms with Gasteiger partial charge in [-0.1, -0.05) is 11.8 Å². The van der Waals surface area contributed by atoms with Crippen LogP contribution in [0.15, 0.2) is 35.7 Å². The number of non-ortho nitro benzene ring substituents is 1. The zero-order valence-corrected chi connectivity index (χ0v) is 11.7. The number of nitro groups is 1. The zero-order valence-electron chi connectivity index (χ0n) is 10.9. The normalized spacial score (nSPS) is 10.4. The Morgan fingerprint density at radius 2 is 2.15 bits per heavy atom. The third-order valence-electron chi connectivity index (χ3n) is 2.51. The molecule has 0 aliphatic carbocycles. The maximum Gasteiger partial charge on any atom is 0.269 e. The first-order chi connectivity index (χ1) is 9.66. The Kier molecular flexibility index (Phi) is 4.94. The van der Waals surface area contributed by atoms with Gasteiger partial charge in [-0.2, -0.15) is 0 Å². The van der Waals surface area contributed by atoms with Crippen molar-refractivity contribution in [1.82, 2.24) is 14.8 Å². The molecule has 0 bridgehead atoms. The molecule has 0 unspecified atom stereocenters. The highest BCUT2D eigenvalue weighted by Crippen LogP contribution is 2.18. The topological polar surface area (TPSA) is 83.1 Å². The van der Waals surface area contributed by atoms with E-state index >= 15 is 0 Å². The minimum atomic E-state index is -0.429. The number of rotatable bonds is 7. The van der Waals surface area contributed by atoms with Gasteiger partial charge in [-0.3, -0.25) is 10.1 Å². The van der Waals surface area contributed by atoms with Crippen LogP contribution < -0.4 is 4.74 Å². The van der Waals surface area contributed by atoms with Crippen molar-refractivity contribution in [2.24, 2.45) is 7.05 Å². The summed E-state index contributed by atoms with van der Waals surface area (Å²) in [5.74, 6) is 1.51. The van der Waals surface area contributed by atoms with Crippen molar-refractivity contribution in [3.63, 3.8) is 0 Å². The van der Waals surface area contributed by atoms with Crippen LogP contribution in [-0.4, -0.2) is 32.0 Å². The number of ether oxygens (including phenoxy) is 1. The molecule has 0 atom stereocenters. The largest absolute Gasteiger partial charge is 0.494 e. The van der Waals surface area contributed by atoms with Gasteiger partial charge in [-0.15, -0.1) is 10.2 Å². The Balaban J connectivity index is 1.68. The monoisotopic (exact) mass is 294 g/mol. The van der Waals surface area contributed by atoms with E-state index in [9.17, 15) is 10.1 Å². The maximum atomic E-state index is 10.5. The molecule has 0 amide bonds. The summed E-state index contributed by atoms with van der Waals surface area (Å²) in [6.07, 6.45) is 2.52. The van der Waals surface area contributed by atoms with Crippen LogP contribution in [0, 0.1) is 10.1 Å². The molecule has 20 heavy (non-hydrogen) atoms. The molecule has 0 spiro atoms. The molecule has 0 saturated heterocycles. The molecule has 106 valence electrons. The Hall–Kier alpha value is -2.09. The van der Waals surface area contributed by atoms with Crippen LogP contribution in [0.2, 0.25) is 0 Å². The van der Waals surface area contributed by atoms with Crippen molar-refractivity contribution >= 4 is 17.4 Å². The molecule has 2 aromatic rings. The Morgan fingerprint density at radius 1 is 1.40 bits per heavy atom. The van der Waals surface area contributed by atoms with E-state index in [4.69, 9.17) is 4.74 Å². The second-order valence-electron chi connectivity index (χ2n) is 4.03. The molecule has 0 aliphatic rings. The van der Waals surface area contributed by atoms with E-state index in [-0.39, 0.29) is 5.69 Å². The van der Waals surface area contributed by atoms with Crippen molar-refractivity contribution in [3.05, 3.63) is 40.7 Å². The van der Waals surface area contributed by atoms with Crippen molar-refractivity contribution < 1.29 is 9.66 Å². The highest BCUT2D eigenvalue weighted by Gasteiger charge is 2.04. The zero-order chi connectivity index (χ0) is 14.4. The lowest BCUT2D eigenvalue weighted by atomic mass is 10.3. The first-order valence-electron chi connectivity index (χ1n) is 6.01. The van der Waals surface area contributed by atoms with Crippen LogP contribution in [0.4, 0.5) is 5.69 Å². The van der Waals surface area contributed by atoms with Crippen molar-refractivity contribution in [2.75, 3.05) is 12.4 Å². The molecule has 1 aromatic carbocycles. The van der Waals surface area contributed by atoms with Gasteiger partial charge in [0.25, 0.3) is 5.69 Å². The minimum Gasteiger partial charge on any atom is -0.494 e. The van der Waals surface area contributed by atoms with E-state index in [1.165, 1.54) is 12.1 Å². The molecule has 0 saturated carbocycles. The minimum absolute atomic E-state index is 0.0650. The average Bonchev–Trinajstić information content (AvgIpc) is 2.84. The second-order valence-corrected chi connectivity index (χ2v) is 5.09. The SMILES string of the molecule is Cn1cnnc1SCCCOc1ccc([N+](=O)[O-])cc1. The van der Waals surface area contributed by atoms with Crippen LogP contribution in [0.25, 0.3) is 0 Å². The van der Waals surface area contributed by atoms with Gasteiger partial charge in [0.15, 0.2) is 5.16 Å². The summed E-state index contributed by atoms with van der Waals surface area (Å²) >= 11 is 1.62. The standard InChI is InChI=1S/C12H14N4O3S/c1-15-9-13-14-12(15)20-8-2-7-19-11-5-3-10(4-6-11)16(17)18/h3-6,9H,2,7-8H2,1H3.